The third-order valence-corrected chi connectivity index (χ3v) is 6.05. The Kier molecular flexibility index (Phi) is 5.93. The van der Waals surface area contributed by atoms with E-state index in [2.05, 4.69) is 109 Å². The Morgan fingerprint density at radius 1 is 0.767 bits per heavy atom. The van der Waals surface area contributed by atoms with Gasteiger partial charge in [0.25, 0.3) is 0 Å². The summed E-state index contributed by atoms with van der Waals surface area (Å²) in [6.45, 7) is 3.05. The molecule has 0 saturated carbocycles. The molecule has 1 aliphatic heterocycles. The van der Waals surface area contributed by atoms with Crippen LogP contribution in [0.3, 0.4) is 0 Å². The maximum atomic E-state index is 9.91. The van der Waals surface area contributed by atoms with Gasteiger partial charge in [-0.1, -0.05) is 104 Å². The second-order valence-corrected chi connectivity index (χ2v) is 7.84. The highest BCUT2D eigenvalue weighted by molar-refractivity contribution is 5.60. The van der Waals surface area contributed by atoms with Crippen LogP contribution < -0.4 is 0 Å². The van der Waals surface area contributed by atoms with E-state index in [4.69, 9.17) is 0 Å². The fourth-order valence-electron chi connectivity index (χ4n) is 4.74. The van der Waals surface area contributed by atoms with Crippen molar-refractivity contribution in [2.24, 2.45) is 4.99 Å². The van der Waals surface area contributed by atoms with Gasteiger partial charge in [0.15, 0.2) is 11.9 Å². The average molecular weight is 398 g/mol. The number of rotatable bonds is 8. The maximum absolute atomic E-state index is 9.91. The van der Waals surface area contributed by atoms with Gasteiger partial charge in [-0.05, 0) is 6.42 Å². The van der Waals surface area contributed by atoms with Gasteiger partial charge in [-0.25, -0.2) is 4.48 Å². The predicted octanol–water partition coefficient (Wildman–Crippen LogP) is 5.47. The molecule has 1 atom stereocenters. The van der Waals surface area contributed by atoms with Gasteiger partial charge >= 0.3 is 0 Å². The highest BCUT2D eigenvalue weighted by Crippen LogP contribution is 2.48. The van der Waals surface area contributed by atoms with Crippen LogP contribution in [0.15, 0.2) is 108 Å². The standard InChI is InChI=1S/C27H29N2O/c1-2-3-19-29(20-26(21-30)28-22-29)27(23-13-7-4-8-14-23,24-15-9-5-10-16-24)25-17-11-6-12-18-25/h4-18,20,22,30H,2-3,19,21H2,1H3/q+1. The number of aliphatic imine (C=N–C) groups is 1. The van der Waals surface area contributed by atoms with Crippen LogP contribution in [0.5, 0.6) is 0 Å². The zero-order chi connectivity index (χ0) is 20.9. The Morgan fingerprint density at radius 2 is 1.23 bits per heavy atom. The number of hydrogen-bond donors (Lipinski definition) is 1. The van der Waals surface area contributed by atoms with Gasteiger partial charge in [0.1, 0.15) is 11.9 Å². The average Bonchev–Trinajstić information content (AvgIpc) is 3.25. The first kappa shape index (κ1) is 20.3. The molecule has 30 heavy (non-hydrogen) atoms. The molecule has 1 N–H and O–H groups in total. The first-order chi connectivity index (χ1) is 14.8. The zero-order valence-electron chi connectivity index (χ0n) is 17.5. The quantitative estimate of drug-likeness (QED) is 0.397. The highest BCUT2D eigenvalue weighted by atomic mass is 16.3. The Balaban J connectivity index is 2.12. The molecule has 4 rings (SSSR count). The van der Waals surface area contributed by atoms with Crippen molar-refractivity contribution in [1.29, 1.82) is 0 Å². The van der Waals surface area contributed by atoms with Gasteiger partial charge in [0.05, 0.1) is 13.2 Å². The van der Waals surface area contributed by atoms with Crippen molar-refractivity contribution in [3.05, 3.63) is 120 Å². The lowest BCUT2D eigenvalue weighted by Crippen LogP contribution is -2.59. The molecular weight excluding hydrogens is 368 g/mol. The van der Waals surface area contributed by atoms with Gasteiger partial charge in [0, 0.05) is 16.7 Å². The summed E-state index contributed by atoms with van der Waals surface area (Å²) in [7, 11) is 0. The van der Waals surface area contributed by atoms with Crippen LogP contribution in [0.1, 0.15) is 36.5 Å². The Hall–Kier alpha value is -3.01. The van der Waals surface area contributed by atoms with Crippen molar-refractivity contribution >= 4 is 6.34 Å². The van der Waals surface area contributed by atoms with Crippen LogP contribution in [0.25, 0.3) is 0 Å². The minimum Gasteiger partial charge on any atom is -0.390 e. The number of quaternary nitrogens is 1. The van der Waals surface area contributed by atoms with Crippen LogP contribution >= 0.6 is 0 Å². The van der Waals surface area contributed by atoms with Crippen LogP contribution in [0, 0.1) is 0 Å². The molecule has 3 aromatic carbocycles. The largest absolute Gasteiger partial charge is 0.390 e. The van der Waals surface area contributed by atoms with Crippen molar-refractivity contribution < 1.29 is 9.59 Å². The fraction of sp³-hybridized carbons (Fsp3) is 0.222. The van der Waals surface area contributed by atoms with Crippen LogP contribution in [0.2, 0.25) is 0 Å². The summed E-state index contributed by atoms with van der Waals surface area (Å²) in [5.41, 5.74) is 3.83. The second kappa shape index (κ2) is 8.78. The second-order valence-electron chi connectivity index (χ2n) is 7.84. The molecule has 1 unspecified atom stereocenters. The first-order valence-electron chi connectivity index (χ1n) is 10.7. The minimum absolute atomic E-state index is 0.0585. The Morgan fingerprint density at radius 3 is 1.60 bits per heavy atom. The van der Waals surface area contributed by atoms with E-state index in [-0.39, 0.29) is 6.61 Å². The number of benzene rings is 3. The maximum Gasteiger partial charge on any atom is 0.196 e. The summed E-state index contributed by atoms with van der Waals surface area (Å²) in [6, 6.07) is 32.1. The highest BCUT2D eigenvalue weighted by Gasteiger charge is 2.55. The Bertz CT molecular complexity index is 916. The van der Waals surface area contributed by atoms with Gasteiger partial charge in [-0.15, -0.1) is 0 Å². The normalized spacial score (nSPS) is 18.4. The van der Waals surface area contributed by atoms with E-state index < -0.39 is 5.54 Å². The number of unbranched alkanes of at least 4 members (excludes halogenated alkanes) is 1. The molecule has 3 aromatic rings. The minimum atomic E-state index is -0.515. The number of aliphatic hydroxyl groups excluding tert-OH is 1. The van der Waals surface area contributed by atoms with Crippen LogP contribution in [0.4, 0.5) is 0 Å². The van der Waals surface area contributed by atoms with Crippen molar-refractivity contribution in [3.63, 3.8) is 0 Å². The molecule has 0 saturated heterocycles. The van der Waals surface area contributed by atoms with Crippen molar-refractivity contribution in [3.8, 4) is 0 Å². The number of aliphatic hydroxyl groups is 1. The van der Waals surface area contributed by atoms with E-state index in [0.717, 1.165) is 25.1 Å². The van der Waals surface area contributed by atoms with E-state index in [1.54, 1.807) is 0 Å². The van der Waals surface area contributed by atoms with Crippen molar-refractivity contribution in [2.45, 2.75) is 25.3 Å². The van der Waals surface area contributed by atoms with Crippen molar-refractivity contribution in [2.75, 3.05) is 13.2 Å². The molecule has 1 heterocycles. The summed E-state index contributed by atoms with van der Waals surface area (Å²) in [4.78, 5) is 4.66. The molecule has 0 fully saturated rings. The summed E-state index contributed by atoms with van der Waals surface area (Å²) >= 11 is 0. The first-order valence-corrected chi connectivity index (χ1v) is 10.7. The van der Waals surface area contributed by atoms with Crippen LogP contribution in [-0.2, 0) is 5.54 Å². The molecule has 0 aromatic heterocycles. The van der Waals surface area contributed by atoms with E-state index in [1.165, 1.54) is 16.7 Å². The van der Waals surface area contributed by atoms with Crippen LogP contribution in [-0.4, -0.2) is 29.1 Å². The Labute approximate surface area is 179 Å². The molecule has 3 heteroatoms. The molecule has 0 bridgehead atoms. The third-order valence-electron chi connectivity index (χ3n) is 6.05. The molecule has 152 valence electrons. The SMILES string of the molecule is CCCC[N+]1(C(c2ccccc2)(c2ccccc2)c2ccccc2)C=NC(CO)=C1. The van der Waals surface area contributed by atoms with E-state index in [0.29, 0.717) is 4.48 Å². The summed E-state index contributed by atoms with van der Waals surface area (Å²) in [6.07, 6.45) is 6.33. The third kappa shape index (κ3) is 3.30. The lowest BCUT2D eigenvalue weighted by molar-refractivity contribution is -0.832. The smallest absolute Gasteiger partial charge is 0.196 e. The van der Waals surface area contributed by atoms with Gasteiger partial charge in [-0.2, -0.15) is 4.99 Å². The summed E-state index contributed by atoms with van der Waals surface area (Å²) in [5, 5.41) is 9.91. The monoisotopic (exact) mass is 397 g/mol. The number of hydrogen-bond acceptors (Lipinski definition) is 2. The molecule has 0 spiro atoms. The lowest BCUT2D eigenvalue weighted by atomic mass is 9.74. The molecule has 1 aliphatic rings. The zero-order valence-corrected chi connectivity index (χ0v) is 17.5. The van der Waals surface area contributed by atoms with Gasteiger partial charge < -0.3 is 5.11 Å². The molecule has 0 amide bonds. The van der Waals surface area contributed by atoms with Gasteiger partial charge in [-0.3, -0.25) is 0 Å². The topological polar surface area (TPSA) is 32.6 Å². The van der Waals surface area contributed by atoms with Gasteiger partial charge in [0.2, 0.25) is 0 Å². The fourth-order valence-corrected chi connectivity index (χ4v) is 4.74. The number of nitrogens with zero attached hydrogens (tertiary/aromatic N) is 2. The lowest BCUT2D eigenvalue weighted by Gasteiger charge is -2.48. The predicted molar refractivity (Wildman–Crippen MR) is 123 cm³/mol. The van der Waals surface area contributed by atoms with E-state index >= 15 is 0 Å². The molecule has 0 aliphatic carbocycles. The summed E-state index contributed by atoms with van der Waals surface area (Å²) < 4.78 is 0.523. The van der Waals surface area contributed by atoms with E-state index in [1.807, 2.05) is 6.34 Å². The molecular formula is C27H29N2O+. The van der Waals surface area contributed by atoms with Crippen molar-refractivity contribution in [1.82, 2.24) is 0 Å². The summed E-state index contributed by atoms with van der Waals surface area (Å²) in [5.74, 6) is 0. The van der Waals surface area contributed by atoms with E-state index in [9.17, 15) is 5.11 Å². The molecule has 3 nitrogen and oxygen atoms in total. The molecule has 0 radical (unpaired) electrons.